The first-order valence-corrected chi connectivity index (χ1v) is 13.9. The number of hydrogen-bond acceptors (Lipinski definition) is 11. The van der Waals surface area contributed by atoms with Crippen LogP contribution in [0.25, 0.3) is 11.2 Å². The number of carbonyl (C=O) groups is 1. The van der Waals surface area contributed by atoms with Crippen LogP contribution in [0.2, 0.25) is 0 Å². The third-order valence-electron chi connectivity index (χ3n) is 5.59. The van der Waals surface area contributed by atoms with Crippen molar-refractivity contribution in [2.45, 2.75) is 51.8 Å². The quantitative estimate of drug-likeness (QED) is 0.306. The monoisotopic (exact) mass is 551 g/mol. The van der Waals surface area contributed by atoms with E-state index in [0.717, 1.165) is 11.8 Å². The van der Waals surface area contributed by atoms with E-state index < -0.39 is 37.3 Å². The minimum atomic E-state index is -4.11. The van der Waals surface area contributed by atoms with E-state index in [9.17, 15) is 9.36 Å². The molecule has 0 aromatic carbocycles. The Balaban J connectivity index is 1.51. The second-order valence-corrected chi connectivity index (χ2v) is 12.3. The van der Waals surface area contributed by atoms with Crippen molar-refractivity contribution in [1.29, 1.82) is 0 Å². The van der Waals surface area contributed by atoms with Gasteiger partial charge >= 0.3 is 7.82 Å². The molecule has 2 fully saturated rings. The molecule has 4 rings (SSSR count). The fraction of sp³-hybridized carbons (Fsp3) is 0.700. The molecule has 0 radical (unpaired) electrons. The zero-order valence-corrected chi connectivity index (χ0v) is 22.5. The summed E-state index contributed by atoms with van der Waals surface area (Å²) in [5.74, 6) is 1.02. The molecule has 0 aliphatic carbocycles. The van der Waals surface area contributed by atoms with Crippen LogP contribution in [0, 0.1) is 12.3 Å². The molecular weight excluding hydrogens is 524 g/mol. The largest absolute Gasteiger partial charge is 0.475 e. The first kappa shape index (κ1) is 26.7. The van der Waals surface area contributed by atoms with Crippen LogP contribution in [-0.2, 0) is 27.7 Å². The Kier molecular flexibility index (Phi) is 7.52. The lowest BCUT2D eigenvalue weighted by molar-refractivity contribution is -0.133. The van der Waals surface area contributed by atoms with Gasteiger partial charge in [0.1, 0.15) is 17.5 Å². The molecule has 11 nitrogen and oxygen atoms in total. The summed E-state index contributed by atoms with van der Waals surface area (Å²) in [6.45, 7) is 6.74. The van der Waals surface area contributed by atoms with E-state index in [4.69, 9.17) is 29.9 Å². The van der Waals surface area contributed by atoms with Gasteiger partial charge < -0.3 is 10.1 Å². The average molecular weight is 552 g/mol. The first-order valence-electron chi connectivity index (χ1n) is 10.9. The molecule has 0 bridgehead atoms. The summed E-state index contributed by atoms with van der Waals surface area (Å²) in [5, 5.41) is 2.91. The van der Waals surface area contributed by atoms with E-state index in [-0.39, 0.29) is 30.0 Å². The van der Waals surface area contributed by atoms with E-state index >= 15 is 4.39 Å². The van der Waals surface area contributed by atoms with Crippen LogP contribution in [0.15, 0.2) is 6.33 Å². The number of rotatable bonds is 7. The summed E-state index contributed by atoms with van der Waals surface area (Å²) in [5.41, 5.74) is -1.11. The standard InChI is InChI=1S/C20H28ClFN5O6PS/c1-11-25-15(23-5)13-16(26-11)27(10-24-13)17-12(22)14-20(8-21,32-17)9-31-34(29,33-14)30-6-7-35-18(28)19(2,3)4/h10,12,14,17H,6-9H2,1-5H3,(H,23,25,26)/t12-,14+,17-,20-,34?/m1/s1. The van der Waals surface area contributed by atoms with Gasteiger partial charge in [0.15, 0.2) is 34.5 Å². The Bertz CT molecular complexity index is 1160. The number of nitrogens with zero attached hydrogens (tertiary/aromatic N) is 4. The molecular formula is C20H28ClFN5O6PS. The molecule has 2 aromatic heterocycles. The number of carbonyl (C=O) groups excluding carboxylic acids is 1. The summed E-state index contributed by atoms with van der Waals surface area (Å²) in [6.07, 6.45) is -2.91. The Labute approximate surface area is 211 Å². The van der Waals surface area contributed by atoms with Gasteiger partial charge in [-0.1, -0.05) is 32.5 Å². The van der Waals surface area contributed by atoms with E-state index in [1.54, 1.807) is 34.7 Å². The lowest BCUT2D eigenvalue weighted by Crippen LogP contribution is -2.51. The van der Waals surface area contributed by atoms with Gasteiger partial charge in [-0.2, -0.15) is 0 Å². The Hall–Kier alpha value is -1.34. The van der Waals surface area contributed by atoms with Gasteiger partial charge in [0, 0.05) is 18.2 Å². The molecule has 4 heterocycles. The number of thioether (sulfide) groups is 1. The van der Waals surface area contributed by atoms with E-state index in [1.165, 1.54) is 10.9 Å². The van der Waals surface area contributed by atoms with Gasteiger partial charge in [-0.3, -0.25) is 22.9 Å². The third kappa shape index (κ3) is 5.09. The fourth-order valence-electron chi connectivity index (χ4n) is 3.75. The number of alkyl halides is 2. The molecule has 1 unspecified atom stereocenters. The second kappa shape index (κ2) is 9.85. The third-order valence-corrected chi connectivity index (χ3v) is 8.72. The summed E-state index contributed by atoms with van der Waals surface area (Å²) in [7, 11) is -2.42. The molecule has 2 saturated heterocycles. The van der Waals surface area contributed by atoms with Gasteiger partial charge in [-0.05, 0) is 6.92 Å². The number of phosphoric ester groups is 1. The molecule has 15 heteroatoms. The Morgan fingerprint density at radius 3 is 2.86 bits per heavy atom. The highest BCUT2D eigenvalue weighted by atomic mass is 35.5. The number of fused-ring (bicyclic) bond motifs is 2. The van der Waals surface area contributed by atoms with Crippen LogP contribution >= 0.6 is 31.2 Å². The second-order valence-electron chi connectivity index (χ2n) is 9.31. The lowest BCUT2D eigenvalue weighted by Gasteiger charge is -2.38. The van der Waals surface area contributed by atoms with Crippen molar-refractivity contribution in [3.8, 4) is 0 Å². The summed E-state index contributed by atoms with van der Waals surface area (Å²) < 4.78 is 52.6. The maximum atomic E-state index is 15.8. The number of nitrogens with one attached hydrogen (secondary N) is 1. The van der Waals surface area contributed by atoms with Crippen molar-refractivity contribution in [1.82, 2.24) is 19.5 Å². The number of halogens is 2. The zero-order valence-electron chi connectivity index (χ0n) is 20.0. The van der Waals surface area contributed by atoms with Crippen LogP contribution < -0.4 is 5.32 Å². The van der Waals surface area contributed by atoms with Gasteiger partial charge in [0.25, 0.3) is 0 Å². The Morgan fingerprint density at radius 1 is 1.46 bits per heavy atom. The topological polar surface area (TPSA) is 127 Å². The Morgan fingerprint density at radius 2 is 2.20 bits per heavy atom. The van der Waals surface area contributed by atoms with Crippen molar-refractivity contribution < 1.29 is 32.1 Å². The predicted molar refractivity (Wildman–Crippen MR) is 129 cm³/mol. The molecule has 0 amide bonds. The molecule has 2 aliphatic rings. The van der Waals surface area contributed by atoms with E-state index in [2.05, 4.69) is 20.3 Å². The van der Waals surface area contributed by atoms with E-state index in [0.29, 0.717) is 22.8 Å². The van der Waals surface area contributed by atoms with Crippen LogP contribution in [0.1, 0.15) is 32.8 Å². The van der Waals surface area contributed by atoms with Crippen LogP contribution in [0.3, 0.4) is 0 Å². The van der Waals surface area contributed by atoms with Crippen molar-refractivity contribution in [3.63, 3.8) is 0 Å². The number of phosphoric acid groups is 1. The van der Waals surface area contributed by atoms with Crippen molar-refractivity contribution >= 4 is 53.3 Å². The minimum absolute atomic E-state index is 0.0325. The number of aromatic nitrogens is 4. The number of aryl methyl sites for hydroxylation is 1. The molecule has 0 spiro atoms. The van der Waals surface area contributed by atoms with Crippen molar-refractivity contribution in [3.05, 3.63) is 12.2 Å². The number of ether oxygens (including phenoxy) is 1. The molecule has 2 aromatic rings. The molecule has 5 atom stereocenters. The minimum Gasteiger partial charge on any atom is -0.371 e. The smallest absolute Gasteiger partial charge is 0.371 e. The predicted octanol–water partition coefficient (Wildman–Crippen LogP) is 3.87. The molecule has 0 saturated carbocycles. The van der Waals surface area contributed by atoms with E-state index in [1.807, 2.05) is 0 Å². The van der Waals surface area contributed by atoms with Crippen LogP contribution in [0.5, 0.6) is 0 Å². The fourth-order valence-corrected chi connectivity index (χ4v) is 6.43. The highest BCUT2D eigenvalue weighted by Crippen LogP contribution is 2.60. The van der Waals surface area contributed by atoms with Crippen molar-refractivity contribution in [2.75, 3.05) is 37.2 Å². The SMILES string of the molecule is CNc1nc(C)nc2c1ncn2[C@@H]1O[C@]2(CCl)COP(=O)(OCCSC(=O)C(C)(C)C)O[C@H]2[C@H]1F. The number of imidazole rings is 1. The lowest BCUT2D eigenvalue weighted by atomic mass is 9.99. The summed E-state index contributed by atoms with van der Waals surface area (Å²) in [6, 6.07) is 0. The van der Waals surface area contributed by atoms with Crippen LogP contribution in [-0.4, -0.2) is 74.4 Å². The maximum Gasteiger partial charge on any atom is 0.475 e. The van der Waals surface area contributed by atoms with Gasteiger partial charge in [0.05, 0.1) is 25.4 Å². The van der Waals surface area contributed by atoms with Gasteiger partial charge in [0.2, 0.25) is 0 Å². The van der Waals surface area contributed by atoms with Crippen molar-refractivity contribution in [2.24, 2.45) is 5.41 Å². The molecule has 2 aliphatic heterocycles. The highest BCUT2D eigenvalue weighted by Gasteiger charge is 2.63. The molecule has 35 heavy (non-hydrogen) atoms. The first-order chi connectivity index (χ1) is 16.4. The highest BCUT2D eigenvalue weighted by molar-refractivity contribution is 8.13. The summed E-state index contributed by atoms with van der Waals surface area (Å²) >= 11 is 7.22. The van der Waals surface area contributed by atoms with Gasteiger partial charge in [-0.25, -0.2) is 23.9 Å². The van der Waals surface area contributed by atoms with Crippen LogP contribution in [0.4, 0.5) is 10.2 Å². The number of anilines is 1. The normalized spacial score (nSPS) is 31.0. The molecule has 194 valence electrons. The molecule has 1 N–H and O–H groups in total. The summed E-state index contributed by atoms with van der Waals surface area (Å²) in [4.78, 5) is 25.0. The zero-order chi connectivity index (χ0) is 25.6. The number of hydrogen-bond donors (Lipinski definition) is 1. The average Bonchev–Trinajstić information content (AvgIpc) is 3.34. The maximum absolute atomic E-state index is 15.8. The van der Waals surface area contributed by atoms with Gasteiger partial charge in [-0.15, -0.1) is 11.6 Å².